The van der Waals surface area contributed by atoms with E-state index in [1.807, 2.05) is 37.4 Å². The maximum atomic E-state index is 8.92. The van der Waals surface area contributed by atoms with Gasteiger partial charge in [0.2, 0.25) is 0 Å². The fraction of sp³-hybridized carbons (Fsp3) is 0.200. The standard InChI is InChI=1S/C25H24N4O2S/c1-29(17-19-5-7-20(8-6-19)30-14-2-13-26)25-28-23-12-11-22(15-24(23)32-25)31-21-9-3-18(16-27)4-10-21/h3-12,15H,2,13-14,17,26H2,1H3. The molecule has 3 aromatic carbocycles. The number of nitrogens with zero attached hydrogens (tertiary/aromatic N) is 3. The van der Waals surface area contributed by atoms with E-state index < -0.39 is 0 Å². The summed E-state index contributed by atoms with van der Waals surface area (Å²) in [6.45, 7) is 2.02. The first-order valence-electron chi connectivity index (χ1n) is 10.4. The topological polar surface area (TPSA) is 84.4 Å². The van der Waals surface area contributed by atoms with Gasteiger partial charge < -0.3 is 20.1 Å². The molecule has 0 bridgehead atoms. The van der Waals surface area contributed by atoms with Gasteiger partial charge in [-0.2, -0.15) is 5.26 Å². The van der Waals surface area contributed by atoms with Crippen molar-refractivity contribution in [3.8, 4) is 23.3 Å². The lowest BCUT2D eigenvalue weighted by atomic mass is 10.2. The van der Waals surface area contributed by atoms with Crippen molar-refractivity contribution in [2.24, 2.45) is 5.73 Å². The first-order chi connectivity index (χ1) is 15.6. The van der Waals surface area contributed by atoms with Crippen molar-refractivity contribution in [3.05, 3.63) is 77.9 Å². The summed E-state index contributed by atoms with van der Waals surface area (Å²) in [5.41, 5.74) is 8.23. The van der Waals surface area contributed by atoms with Gasteiger partial charge >= 0.3 is 0 Å². The predicted molar refractivity (Wildman–Crippen MR) is 129 cm³/mol. The summed E-state index contributed by atoms with van der Waals surface area (Å²) in [6.07, 6.45) is 0.850. The minimum Gasteiger partial charge on any atom is -0.494 e. The minimum atomic E-state index is 0.608. The number of thiazole rings is 1. The van der Waals surface area contributed by atoms with Gasteiger partial charge in [-0.1, -0.05) is 23.5 Å². The molecule has 0 aliphatic rings. The van der Waals surface area contributed by atoms with E-state index in [0.717, 1.165) is 39.8 Å². The Hall–Kier alpha value is -3.60. The van der Waals surface area contributed by atoms with E-state index in [-0.39, 0.29) is 0 Å². The van der Waals surface area contributed by atoms with Crippen LogP contribution in [-0.2, 0) is 6.54 Å². The van der Waals surface area contributed by atoms with Gasteiger partial charge in [0.1, 0.15) is 17.2 Å². The highest BCUT2D eigenvalue weighted by molar-refractivity contribution is 7.22. The number of hydrogen-bond donors (Lipinski definition) is 1. The average Bonchev–Trinajstić information content (AvgIpc) is 3.25. The van der Waals surface area contributed by atoms with Crippen molar-refractivity contribution in [2.45, 2.75) is 13.0 Å². The summed E-state index contributed by atoms with van der Waals surface area (Å²) < 4.78 is 12.7. The zero-order valence-corrected chi connectivity index (χ0v) is 18.6. The van der Waals surface area contributed by atoms with E-state index in [1.54, 1.807) is 35.6 Å². The third kappa shape index (κ3) is 5.35. The van der Waals surface area contributed by atoms with E-state index in [9.17, 15) is 0 Å². The molecule has 0 unspecified atom stereocenters. The Bertz CT molecular complexity index is 1210. The number of ether oxygens (including phenoxy) is 2. The molecule has 1 aromatic heterocycles. The largest absolute Gasteiger partial charge is 0.494 e. The third-order valence-corrected chi connectivity index (χ3v) is 5.99. The highest BCUT2D eigenvalue weighted by Gasteiger charge is 2.11. The summed E-state index contributed by atoms with van der Waals surface area (Å²) in [5, 5.41) is 9.86. The smallest absolute Gasteiger partial charge is 0.186 e. The molecular weight excluding hydrogens is 420 g/mol. The van der Waals surface area contributed by atoms with Crippen LogP contribution in [0.2, 0.25) is 0 Å². The van der Waals surface area contributed by atoms with Gasteiger partial charge in [0, 0.05) is 19.7 Å². The van der Waals surface area contributed by atoms with Crippen molar-refractivity contribution in [1.82, 2.24) is 4.98 Å². The fourth-order valence-corrected chi connectivity index (χ4v) is 4.11. The molecule has 0 atom stereocenters. The molecule has 0 aliphatic carbocycles. The molecular formula is C25H24N4O2S. The number of rotatable bonds is 9. The summed E-state index contributed by atoms with van der Waals surface area (Å²) in [5.74, 6) is 2.30. The van der Waals surface area contributed by atoms with Crippen LogP contribution >= 0.6 is 11.3 Å². The molecule has 7 heteroatoms. The first-order valence-corrected chi connectivity index (χ1v) is 11.2. The summed E-state index contributed by atoms with van der Waals surface area (Å²) in [4.78, 5) is 6.90. The number of anilines is 1. The second-order valence-electron chi connectivity index (χ2n) is 7.35. The summed E-state index contributed by atoms with van der Waals surface area (Å²) >= 11 is 1.63. The number of hydrogen-bond acceptors (Lipinski definition) is 7. The van der Waals surface area contributed by atoms with Gasteiger partial charge in [-0.05, 0) is 67.1 Å². The van der Waals surface area contributed by atoms with Crippen LogP contribution in [-0.4, -0.2) is 25.2 Å². The van der Waals surface area contributed by atoms with Gasteiger partial charge in [-0.3, -0.25) is 0 Å². The quantitative estimate of drug-likeness (QED) is 0.352. The van der Waals surface area contributed by atoms with Crippen LogP contribution in [0.1, 0.15) is 17.5 Å². The molecule has 0 saturated carbocycles. The van der Waals surface area contributed by atoms with Crippen LogP contribution in [0.25, 0.3) is 10.2 Å². The highest BCUT2D eigenvalue weighted by Crippen LogP contribution is 2.33. The fourth-order valence-electron chi connectivity index (χ4n) is 3.16. The molecule has 4 rings (SSSR count). The maximum absolute atomic E-state index is 8.92. The lowest BCUT2D eigenvalue weighted by molar-refractivity contribution is 0.313. The summed E-state index contributed by atoms with van der Waals surface area (Å²) in [7, 11) is 2.04. The summed E-state index contributed by atoms with van der Waals surface area (Å²) in [6, 6.07) is 23.2. The van der Waals surface area contributed by atoms with Crippen LogP contribution < -0.4 is 20.1 Å². The zero-order chi connectivity index (χ0) is 22.3. The number of aromatic nitrogens is 1. The Morgan fingerprint density at radius 2 is 1.72 bits per heavy atom. The molecule has 2 N–H and O–H groups in total. The predicted octanol–water partition coefficient (Wildman–Crippen LogP) is 5.32. The van der Waals surface area contributed by atoms with E-state index in [2.05, 4.69) is 23.1 Å². The van der Waals surface area contributed by atoms with Crippen LogP contribution in [0.5, 0.6) is 17.2 Å². The molecule has 32 heavy (non-hydrogen) atoms. The molecule has 1 heterocycles. The third-order valence-electron chi connectivity index (χ3n) is 4.85. The molecule has 0 fully saturated rings. The van der Waals surface area contributed by atoms with Gasteiger partial charge in [0.25, 0.3) is 0 Å². The van der Waals surface area contributed by atoms with E-state index in [0.29, 0.717) is 24.5 Å². The van der Waals surface area contributed by atoms with Crippen LogP contribution in [0, 0.1) is 11.3 Å². The van der Waals surface area contributed by atoms with Gasteiger partial charge in [0.05, 0.1) is 28.5 Å². The Kier molecular flexibility index (Phi) is 6.85. The maximum Gasteiger partial charge on any atom is 0.186 e. The van der Waals surface area contributed by atoms with Crippen molar-refractivity contribution in [2.75, 3.05) is 25.1 Å². The number of benzene rings is 3. The molecule has 162 valence electrons. The lowest BCUT2D eigenvalue weighted by Crippen LogP contribution is -2.15. The Labute approximate surface area is 191 Å². The molecule has 6 nitrogen and oxygen atoms in total. The van der Waals surface area contributed by atoms with E-state index in [1.165, 1.54) is 5.56 Å². The molecule has 0 amide bonds. The molecule has 0 spiro atoms. The SMILES string of the molecule is CN(Cc1ccc(OCCCN)cc1)c1nc2ccc(Oc3ccc(C#N)cc3)cc2s1. The molecule has 0 aliphatic heterocycles. The first kappa shape index (κ1) is 21.6. The monoisotopic (exact) mass is 444 g/mol. The van der Waals surface area contributed by atoms with Gasteiger partial charge in [-0.25, -0.2) is 4.98 Å². The number of nitrogens with two attached hydrogens (primary N) is 1. The minimum absolute atomic E-state index is 0.608. The van der Waals surface area contributed by atoms with Crippen molar-refractivity contribution < 1.29 is 9.47 Å². The number of nitriles is 1. The highest BCUT2D eigenvalue weighted by atomic mass is 32.1. The van der Waals surface area contributed by atoms with Crippen LogP contribution in [0.15, 0.2) is 66.7 Å². The van der Waals surface area contributed by atoms with E-state index in [4.69, 9.17) is 25.5 Å². The lowest BCUT2D eigenvalue weighted by Gasteiger charge is -2.16. The Morgan fingerprint density at radius 1 is 1.00 bits per heavy atom. The van der Waals surface area contributed by atoms with Crippen molar-refractivity contribution >= 4 is 26.7 Å². The Balaban J connectivity index is 1.42. The van der Waals surface area contributed by atoms with Gasteiger partial charge in [0.15, 0.2) is 5.13 Å². The molecule has 0 radical (unpaired) electrons. The van der Waals surface area contributed by atoms with Crippen molar-refractivity contribution in [1.29, 1.82) is 5.26 Å². The zero-order valence-electron chi connectivity index (χ0n) is 17.8. The van der Waals surface area contributed by atoms with Crippen LogP contribution in [0.3, 0.4) is 0 Å². The Morgan fingerprint density at radius 3 is 2.44 bits per heavy atom. The van der Waals surface area contributed by atoms with E-state index >= 15 is 0 Å². The van der Waals surface area contributed by atoms with Crippen molar-refractivity contribution in [3.63, 3.8) is 0 Å². The second-order valence-corrected chi connectivity index (χ2v) is 8.36. The second kappa shape index (κ2) is 10.1. The normalized spacial score (nSPS) is 10.7. The number of fused-ring (bicyclic) bond motifs is 1. The molecule has 4 aromatic rings. The molecule has 0 saturated heterocycles. The van der Waals surface area contributed by atoms with Gasteiger partial charge in [-0.15, -0.1) is 0 Å². The van der Waals surface area contributed by atoms with Crippen LogP contribution in [0.4, 0.5) is 5.13 Å². The average molecular weight is 445 g/mol.